The minimum Gasteiger partial charge on any atom is -0.483 e. The monoisotopic (exact) mass is 628 g/mol. The number of carbonyl (C=O) groups is 2. The number of thiophene rings is 1. The Labute approximate surface area is 238 Å². The van der Waals surface area contributed by atoms with Crippen molar-refractivity contribution in [3.63, 3.8) is 0 Å². The first kappa shape index (κ1) is 27.3. The molecule has 11 heteroatoms. The number of hydrogen-bond acceptors (Lipinski definition) is 7. The third kappa shape index (κ3) is 5.44. The molecule has 1 aromatic heterocycles. The minimum atomic E-state index is -3.94. The largest absolute Gasteiger partial charge is 0.483 e. The fourth-order valence-electron chi connectivity index (χ4n) is 4.78. The highest BCUT2D eigenvalue weighted by atomic mass is 79.9. The van der Waals surface area contributed by atoms with Gasteiger partial charge in [0.25, 0.3) is 10.0 Å². The molecular weight excluding hydrogens is 604 g/mol. The zero-order valence-corrected chi connectivity index (χ0v) is 23.9. The van der Waals surface area contributed by atoms with Crippen LogP contribution in [0, 0.1) is 0 Å². The van der Waals surface area contributed by atoms with E-state index in [9.17, 15) is 23.1 Å². The van der Waals surface area contributed by atoms with Gasteiger partial charge in [-0.05, 0) is 82.5 Å². The van der Waals surface area contributed by atoms with Crippen LogP contribution in [0.15, 0.2) is 76.1 Å². The maximum Gasteiger partial charge on any atom is 0.349 e. The first-order valence-electron chi connectivity index (χ1n) is 12.3. The van der Waals surface area contributed by atoms with Crippen molar-refractivity contribution in [2.75, 3.05) is 24.0 Å². The van der Waals surface area contributed by atoms with Crippen LogP contribution in [0.4, 0.5) is 5.69 Å². The SMILES string of the molecule is O=CCOc1c(C(=O)O)sc(-c2cccc(N(C3CCNCC3)S(=O)(=O)c3ccc4ccccc4c3)c2)c1Br. The van der Waals surface area contributed by atoms with Crippen molar-refractivity contribution < 1.29 is 27.9 Å². The molecule has 0 spiro atoms. The summed E-state index contributed by atoms with van der Waals surface area (Å²) in [6, 6.07) is 19.6. The van der Waals surface area contributed by atoms with E-state index in [2.05, 4.69) is 21.2 Å². The minimum absolute atomic E-state index is 0.0527. The van der Waals surface area contributed by atoms with Gasteiger partial charge in [-0.3, -0.25) is 9.10 Å². The number of benzene rings is 3. The van der Waals surface area contributed by atoms with Crippen molar-refractivity contribution in [2.45, 2.75) is 23.8 Å². The van der Waals surface area contributed by atoms with Crippen LogP contribution in [0.2, 0.25) is 0 Å². The van der Waals surface area contributed by atoms with Gasteiger partial charge in [-0.25, -0.2) is 13.2 Å². The number of aromatic carboxylic acids is 1. The average Bonchev–Trinajstić information content (AvgIpc) is 3.28. The molecule has 39 heavy (non-hydrogen) atoms. The van der Waals surface area contributed by atoms with Crippen LogP contribution < -0.4 is 14.4 Å². The summed E-state index contributed by atoms with van der Waals surface area (Å²) in [6.07, 6.45) is 1.84. The molecule has 0 radical (unpaired) electrons. The Balaban J connectivity index is 1.62. The lowest BCUT2D eigenvalue weighted by molar-refractivity contribution is -0.109. The predicted molar refractivity (Wildman–Crippen MR) is 155 cm³/mol. The molecule has 1 aliphatic heterocycles. The molecular formula is C28H25BrN2O6S2. The van der Waals surface area contributed by atoms with E-state index in [1.807, 2.05) is 30.3 Å². The molecule has 4 aromatic rings. The lowest BCUT2D eigenvalue weighted by Gasteiger charge is -2.35. The van der Waals surface area contributed by atoms with Crippen molar-refractivity contribution in [1.29, 1.82) is 0 Å². The quantitative estimate of drug-likeness (QED) is 0.234. The van der Waals surface area contributed by atoms with Crippen LogP contribution in [-0.4, -0.2) is 51.5 Å². The molecule has 8 nitrogen and oxygen atoms in total. The number of carboxylic acid groups (broad SMARTS) is 1. The normalized spacial score (nSPS) is 14.3. The standard InChI is InChI=1S/C28H25BrN2O6S2/c29-24-25(37-15-14-32)27(28(33)34)38-26(24)20-6-3-7-22(16-20)31(21-10-12-30-13-11-21)39(35,36)23-9-8-18-4-1-2-5-19(18)17-23/h1-9,14,16-17,21,30H,10-13,15H2,(H,33,34). The number of nitrogens with one attached hydrogen (secondary N) is 1. The average molecular weight is 630 g/mol. The Morgan fingerprint density at radius 2 is 1.82 bits per heavy atom. The second kappa shape index (κ2) is 11.5. The smallest absolute Gasteiger partial charge is 0.349 e. The fraction of sp³-hybridized carbons (Fsp3) is 0.214. The lowest BCUT2D eigenvalue weighted by atomic mass is 10.1. The molecule has 0 unspecified atom stereocenters. The molecule has 0 bridgehead atoms. The van der Waals surface area contributed by atoms with E-state index in [-0.39, 0.29) is 28.2 Å². The number of carboxylic acids is 1. The van der Waals surface area contributed by atoms with Crippen LogP contribution in [0.3, 0.4) is 0 Å². The van der Waals surface area contributed by atoms with Crippen LogP contribution in [0.5, 0.6) is 5.75 Å². The van der Waals surface area contributed by atoms with Crippen LogP contribution in [0.25, 0.3) is 21.2 Å². The third-order valence-electron chi connectivity index (χ3n) is 6.58. The fourth-order valence-corrected chi connectivity index (χ4v) is 8.41. The third-order valence-corrected chi connectivity index (χ3v) is 10.7. The number of piperidine rings is 1. The number of aldehydes is 1. The Hall–Kier alpha value is -3.25. The van der Waals surface area contributed by atoms with Gasteiger partial charge in [-0.1, -0.05) is 42.5 Å². The number of rotatable bonds is 9. The molecule has 1 saturated heterocycles. The van der Waals surface area contributed by atoms with Gasteiger partial charge >= 0.3 is 5.97 Å². The van der Waals surface area contributed by atoms with Gasteiger partial charge in [-0.2, -0.15) is 0 Å². The van der Waals surface area contributed by atoms with Gasteiger partial charge in [-0.15, -0.1) is 11.3 Å². The van der Waals surface area contributed by atoms with E-state index in [4.69, 9.17) is 4.74 Å². The summed E-state index contributed by atoms with van der Waals surface area (Å²) >= 11 is 4.43. The maximum atomic E-state index is 14.2. The van der Waals surface area contributed by atoms with Gasteiger partial charge in [0.05, 0.1) is 19.9 Å². The number of carbonyl (C=O) groups excluding carboxylic acids is 1. The number of nitrogens with zero attached hydrogens (tertiary/aromatic N) is 1. The molecule has 0 atom stereocenters. The Morgan fingerprint density at radius 1 is 1.08 bits per heavy atom. The van der Waals surface area contributed by atoms with Crippen molar-refractivity contribution >= 4 is 66.0 Å². The van der Waals surface area contributed by atoms with Gasteiger partial charge in [0.15, 0.2) is 16.9 Å². The number of anilines is 1. The van der Waals surface area contributed by atoms with Crippen LogP contribution >= 0.6 is 27.3 Å². The Bertz CT molecular complexity index is 1650. The van der Waals surface area contributed by atoms with E-state index in [1.165, 1.54) is 4.31 Å². The van der Waals surface area contributed by atoms with Crippen LogP contribution in [0.1, 0.15) is 22.5 Å². The molecule has 2 N–H and O–H groups in total. The number of halogens is 1. The molecule has 0 amide bonds. The second-order valence-corrected chi connectivity index (χ2v) is 12.7. The predicted octanol–water partition coefficient (Wildman–Crippen LogP) is 5.55. The molecule has 0 aliphatic carbocycles. The topological polar surface area (TPSA) is 113 Å². The van der Waals surface area contributed by atoms with E-state index in [0.29, 0.717) is 52.8 Å². The number of ether oxygens (including phenoxy) is 1. The molecule has 1 aliphatic rings. The summed E-state index contributed by atoms with van der Waals surface area (Å²) in [7, 11) is -3.94. The van der Waals surface area contributed by atoms with Crippen molar-refractivity contribution in [1.82, 2.24) is 5.32 Å². The highest BCUT2D eigenvalue weighted by Gasteiger charge is 2.33. The first-order chi connectivity index (χ1) is 18.8. The lowest BCUT2D eigenvalue weighted by Crippen LogP contribution is -2.46. The molecule has 2 heterocycles. The van der Waals surface area contributed by atoms with E-state index < -0.39 is 16.0 Å². The number of hydrogen-bond donors (Lipinski definition) is 2. The summed E-state index contributed by atoms with van der Waals surface area (Å²) in [5.41, 5.74) is 1.11. The number of fused-ring (bicyclic) bond motifs is 1. The van der Waals surface area contributed by atoms with E-state index in [0.717, 1.165) is 22.1 Å². The molecule has 0 saturated carbocycles. The van der Waals surface area contributed by atoms with Gasteiger partial charge in [0, 0.05) is 6.04 Å². The summed E-state index contributed by atoms with van der Waals surface area (Å²) in [5, 5.41) is 14.8. The van der Waals surface area contributed by atoms with E-state index in [1.54, 1.807) is 36.4 Å². The van der Waals surface area contributed by atoms with Gasteiger partial charge < -0.3 is 15.2 Å². The molecule has 202 valence electrons. The number of sulfonamides is 1. The maximum absolute atomic E-state index is 14.2. The van der Waals surface area contributed by atoms with Crippen LogP contribution in [-0.2, 0) is 14.8 Å². The van der Waals surface area contributed by atoms with Crippen molar-refractivity contribution in [3.8, 4) is 16.2 Å². The van der Waals surface area contributed by atoms with Gasteiger partial charge in [0.2, 0.25) is 0 Å². The first-order valence-corrected chi connectivity index (χ1v) is 15.3. The second-order valence-electron chi connectivity index (χ2n) is 9.03. The summed E-state index contributed by atoms with van der Waals surface area (Å²) in [4.78, 5) is 23.4. The molecule has 1 fully saturated rings. The Morgan fingerprint density at radius 3 is 2.54 bits per heavy atom. The zero-order chi connectivity index (χ0) is 27.6. The summed E-state index contributed by atoms with van der Waals surface area (Å²) in [5.74, 6) is -1.11. The molecule has 3 aromatic carbocycles. The van der Waals surface area contributed by atoms with Crippen molar-refractivity contribution in [3.05, 3.63) is 76.1 Å². The Kier molecular flexibility index (Phi) is 8.03. The highest BCUT2D eigenvalue weighted by Crippen LogP contribution is 2.46. The zero-order valence-electron chi connectivity index (χ0n) is 20.7. The molecule has 5 rings (SSSR count). The van der Waals surface area contributed by atoms with E-state index >= 15 is 0 Å². The summed E-state index contributed by atoms with van der Waals surface area (Å²) < 4.78 is 35.8. The summed E-state index contributed by atoms with van der Waals surface area (Å²) in [6.45, 7) is 1.11. The van der Waals surface area contributed by atoms with Crippen molar-refractivity contribution in [2.24, 2.45) is 0 Å². The van der Waals surface area contributed by atoms with Gasteiger partial charge in [0.1, 0.15) is 6.61 Å². The highest BCUT2D eigenvalue weighted by molar-refractivity contribution is 9.10.